The number of anilines is 1. The number of carbonyl (C=O) groups is 1. The fraction of sp³-hybridized carbons (Fsp3) is 0.133. The summed E-state index contributed by atoms with van der Waals surface area (Å²) in [5, 5.41) is 0. The summed E-state index contributed by atoms with van der Waals surface area (Å²) in [5.74, 6) is 0.0264. The molecule has 1 heterocycles. The lowest BCUT2D eigenvalue weighted by Crippen LogP contribution is -2.23. The summed E-state index contributed by atoms with van der Waals surface area (Å²) in [6.45, 7) is 1.97. The average molecular weight is 349 g/mol. The molecule has 1 aliphatic heterocycles. The molecule has 3 rings (SSSR count). The molecule has 2 nitrogen and oxygen atoms in total. The first kappa shape index (κ1) is 11.7. The van der Waals surface area contributed by atoms with E-state index < -0.39 is 0 Å². The van der Waals surface area contributed by atoms with Gasteiger partial charge in [-0.05, 0) is 24.1 Å². The van der Waals surface area contributed by atoms with Crippen LogP contribution in [0.5, 0.6) is 0 Å². The predicted octanol–water partition coefficient (Wildman–Crippen LogP) is 4.15. The van der Waals surface area contributed by atoms with Crippen LogP contribution in [0, 0.1) is 0 Å². The van der Waals surface area contributed by atoms with Gasteiger partial charge in [0.25, 0.3) is 0 Å². The van der Waals surface area contributed by atoms with E-state index in [1.165, 1.54) is 0 Å². The van der Waals surface area contributed by atoms with E-state index in [9.17, 15) is 4.79 Å². The van der Waals surface area contributed by atoms with Gasteiger partial charge < -0.3 is 0 Å². The molecule has 0 bridgehead atoms. The Kier molecular flexibility index (Phi) is 2.86. The van der Waals surface area contributed by atoms with Gasteiger partial charge in [0.15, 0.2) is 0 Å². The van der Waals surface area contributed by atoms with Crippen LogP contribution in [0.2, 0.25) is 0 Å². The van der Waals surface area contributed by atoms with Gasteiger partial charge in [-0.25, -0.2) is 0 Å². The lowest BCUT2D eigenvalue weighted by molar-refractivity contribution is -0.118. The van der Waals surface area contributed by atoms with Gasteiger partial charge in [-0.15, -0.1) is 0 Å². The number of amides is 1. The number of fused-ring (bicyclic) bond motifs is 3. The third-order valence-electron chi connectivity index (χ3n) is 3.40. The maximum absolute atomic E-state index is 12.4. The van der Waals surface area contributed by atoms with E-state index in [1.807, 2.05) is 43.3 Å². The second-order valence-corrected chi connectivity index (χ2v) is 5.41. The minimum absolute atomic E-state index is 0.106. The van der Waals surface area contributed by atoms with E-state index in [1.54, 1.807) is 3.11 Å². The van der Waals surface area contributed by atoms with E-state index in [-0.39, 0.29) is 11.8 Å². The Morgan fingerprint density at radius 3 is 2.39 bits per heavy atom. The Morgan fingerprint density at radius 1 is 1.00 bits per heavy atom. The average Bonchev–Trinajstić information content (AvgIpc) is 2.51. The molecule has 0 N–H and O–H groups in total. The highest BCUT2D eigenvalue weighted by atomic mass is 127. The first-order valence-corrected chi connectivity index (χ1v) is 6.84. The molecular formula is C15H12INO. The second kappa shape index (κ2) is 4.39. The number of carbonyl (C=O) groups excluding carboxylic acids is 1. The van der Waals surface area contributed by atoms with Gasteiger partial charge in [0.05, 0.1) is 34.5 Å². The SMILES string of the molecule is CC1C(=O)N(I)c2ccccc2-c2ccccc21. The van der Waals surface area contributed by atoms with Crippen molar-refractivity contribution in [2.45, 2.75) is 12.8 Å². The number of hydrogen-bond donors (Lipinski definition) is 0. The molecule has 0 saturated heterocycles. The van der Waals surface area contributed by atoms with E-state index in [0.717, 1.165) is 22.4 Å². The number of para-hydroxylation sites is 1. The van der Waals surface area contributed by atoms with Crippen molar-refractivity contribution in [2.75, 3.05) is 3.11 Å². The van der Waals surface area contributed by atoms with E-state index in [0.29, 0.717) is 0 Å². The Labute approximate surface area is 120 Å². The lowest BCUT2D eigenvalue weighted by atomic mass is 9.92. The molecular weight excluding hydrogens is 337 g/mol. The zero-order chi connectivity index (χ0) is 12.7. The zero-order valence-corrected chi connectivity index (χ0v) is 12.1. The van der Waals surface area contributed by atoms with Gasteiger partial charge in [-0.2, -0.15) is 0 Å². The highest BCUT2D eigenvalue weighted by molar-refractivity contribution is 14.1. The van der Waals surface area contributed by atoms with Crippen molar-refractivity contribution < 1.29 is 4.79 Å². The molecule has 0 fully saturated rings. The third kappa shape index (κ3) is 1.65. The van der Waals surface area contributed by atoms with E-state index in [2.05, 4.69) is 35.0 Å². The van der Waals surface area contributed by atoms with E-state index >= 15 is 0 Å². The lowest BCUT2D eigenvalue weighted by Gasteiger charge is -2.16. The summed E-state index contributed by atoms with van der Waals surface area (Å²) in [4.78, 5) is 12.4. The summed E-state index contributed by atoms with van der Waals surface area (Å²) in [5.41, 5.74) is 4.36. The van der Waals surface area contributed by atoms with Gasteiger partial charge >= 0.3 is 0 Å². The monoisotopic (exact) mass is 349 g/mol. The van der Waals surface area contributed by atoms with Crippen molar-refractivity contribution in [3.8, 4) is 11.1 Å². The fourth-order valence-corrected chi connectivity index (χ4v) is 3.25. The van der Waals surface area contributed by atoms with Gasteiger partial charge in [0.2, 0.25) is 5.91 Å². The maximum atomic E-state index is 12.4. The molecule has 0 radical (unpaired) electrons. The minimum atomic E-state index is -0.106. The first-order valence-electron chi connectivity index (χ1n) is 5.88. The van der Waals surface area contributed by atoms with Gasteiger partial charge in [0, 0.05) is 5.56 Å². The molecule has 3 heteroatoms. The molecule has 0 aliphatic carbocycles. The Balaban J connectivity index is 2.36. The van der Waals surface area contributed by atoms with Crippen molar-refractivity contribution in [3.05, 3.63) is 54.1 Å². The maximum Gasteiger partial charge on any atom is 0.243 e. The highest BCUT2D eigenvalue weighted by Crippen LogP contribution is 2.41. The van der Waals surface area contributed by atoms with Crippen LogP contribution in [0.25, 0.3) is 11.1 Å². The number of hydrogen-bond acceptors (Lipinski definition) is 1. The third-order valence-corrected chi connectivity index (χ3v) is 4.39. The molecule has 18 heavy (non-hydrogen) atoms. The summed E-state index contributed by atoms with van der Waals surface area (Å²) >= 11 is 2.10. The van der Waals surface area contributed by atoms with Crippen LogP contribution in [0.4, 0.5) is 5.69 Å². The molecule has 0 saturated carbocycles. The van der Waals surface area contributed by atoms with Crippen molar-refractivity contribution in [1.29, 1.82) is 0 Å². The van der Waals surface area contributed by atoms with Crippen LogP contribution in [-0.2, 0) is 4.79 Å². The molecule has 1 aliphatic rings. The summed E-state index contributed by atoms with van der Waals surface area (Å²) in [6.07, 6.45) is 0. The quantitative estimate of drug-likeness (QED) is 0.517. The molecule has 0 spiro atoms. The van der Waals surface area contributed by atoms with Crippen LogP contribution in [0.1, 0.15) is 18.4 Å². The summed E-state index contributed by atoms with van der Waals surface area (Å²) in [7, 11) is 0. The van der Waals surface area contributed by atoms with Crippen LogP contribution < -0.4 is 3.11 Å². The molecule has 1 atom stereocenters. The van der Waals surface area contributed by atoms with Crippen LogP contribution >= 0.6 is 22.9 Å². The molecule has 90 valence electrons. The Bertz CT molecular complexity index is 570. The largest absolute Gasteiger partial charge is 0.273 e. The highest BCUT2D eigenvalue weighted by Gasteiger charge is 2.29. The zero-order valence-electron chi connectivity index (χ0n) is 9.93. The summed E-state index contributed by atoms with van der Waals surface area (Å²) in [6, 6.07) is 16.2. The number of halogens is 1. The molecule has 0 aromatic heterocycles. The molecule has 1 amide bonds. The molecule has 2 aromatic rings. The van der Waals surface area contributed by atoms with Gasteiger partial charge in [0.1, 0.15) is 0 Å². The van der Waals surface area contributed by atoms with Crippen molar-refractivity contribution in [2.24, 2.45) is 0 Å². The van der Waals surface area contributed by atoms with Gasteiger partial charge in [-0.3, -0.25) is 7.91 Å². The van der Waals surface area contributed by atoms with Crippen molar-refractivity contribution >= 4 is 34.5 Å². The predicted molar refractivity (Wildman–Crippen MR) is 81.8 cm³/mol. The van der Waals surface area contributed by atoms with Crippen molar-refractivity contribution in [3.63, 3.8) is 0 Å². The second-order valence-electron chi connectivity index (χ2n) is 4.45. The van der Waals surface area contributed by atoms with Crippen molar-refractivity contribution in [1.82, 2.24) is 0 Å². The standard InChI is InChI=1S/C15H12INO/c1-10-11-6-2-3-7-12(11)13-8-4-5-9-14(13)17(16)15(10)18/h2-10H,1H3. The Hall–Kier alpha value is -1.36. The Morgan fingerprint density at radius 2 is 1.61 bits per heavy atom. The van der Waals surface area contributed by atoms with Gasteiger partial charge in [-0.1, -0.05) is 42.5 Å². The number of benzene rings is 2. The van der Waals surface area contributed by atoms with Crippen LogP contribution in [0.3, 0.4) is 0 Å². The molecule has 1 unspecified atom stereocenters. The molecule has 2 aromatic carbocycles. The van der Waals surface area contributed by atoms with Crippen LogP contribution in [-0.4, -0.2) is 5.91 Å². The summed E-state index contributed by atoms with van der Waals surface area (Å²) < 4.78 is 1.73. The fourth-order valence-electron chi connectivity index (χ4n) is 2.41. The van der Waals surface area contributed by atoms with E-state index in [4.69, 9.17) is 0 Å². The smallest absolute Gasteiger partial charge is 0.243 e. The first-order chi connectivity index (χ1) is 8.70. The topological polar surface area (TPSA) is 20.3 Å². The number of rotatable bonds is 0. The minimum Gasteiger partial charge on any atom is -0.273 e. The number of nitrogens with zero attached hydrogens (tertiary/aromatic N) is 1. The normalized spacial score (nSPS) is 18.0. The van der Waals surface area contributed by atoms with Crippen LogP contribution in [0.15, 0.2) is 48.5 Å².